The van der Waals surface area contributed by atoms with Crippen LogP contribution in [0, 0.1) is 0 Å². The van der Waals surface area contributed by atoms with E-state index in [2.05, 4.69) is 10.2 Å². The van der Waals surface area contributed by atoms with Crippen molar-refractivity contribution in [2.75, 3.05) is 32.8 Å². The predicted molar refractivity (Wildman–Crippen MR) is 74.5 cm³/mol. The second-order valence-electron chi connectivity index (χ2n) is 4.92. The molecule has 1 saturated heterocycles. The first kappa shape index (κ1) is 15.3. The van der Waals surface area contributed by atoms with Crippen molar-refractivity contribution in [1.82, 2.24) is 24.6 Å². The van der Waals surface area contributed by atoms with Crippen molar-refractivity contribution in [3.05, 3.63) is 12.2 Å². The van der Waals surface area contributed by atoms with Crippen LogP contribution in [0.1, 0.15) is 19.2 Å². The van der Waals surface area contributed by atoms with E-state index in [1.54, 1.807) is 23.1 Å². The Labute approximate surface area is 123 Å². The number of carbonyl (C=O) groups is 2. The van der Waals surface area contributed by atoms with Gasteiger partial charge in [-0.05, 0) is 6.92 Å². The average molecular weight is 295 g/mol. The minimum absolute atomic E-state index is 0.0847. The first-order valence-corrected chi connectivity index (χ1v) is 7.14. The predicted octanol–water partition coefficient (Wildman–Crippen LogP) is 0.0484. The molecule has 21 heavy (non-hydrogen) atoms. The highest BCUT2D eigenvalue weighted by Crippen LogP contribution is 2.07. The number of amides is 2. The highest BCUT2D eigenvalue weighted by atomic mass is 16.6. The molecule has 0 saturated carbocycles. The minimum Gasteiger partial charge on any atom is -0.450 e. The Morgan fingerprint density at radius 2 is 1.90 bits per heavy atom. The molecule has 0 atom stereocenters. The highest BCUT2D eigenvalue weighted by molar-refractivity contribution is 5.77. The number of carbonyl (C=O) groups excluding carboxylic acids is 2. The van der Waals surface area contributed by atoms with Gasteiger partial charge in [-0.3, -0.25) is 4.79 Å². The second-order valence-corrected chi connectivity index (χ2v) is 4.92. The van der Waals surface area contributed by atoms with Gasteiger partial charge in [0.25, 0.3) is 0 Å². The summed E-state index contributed by atoms with van der Waals surface area (Å²) < 4.78 is 6.76. The topological polar surface area (TPSA) is 80.6 Å². The fraction of sp³-hybridized carbons (Fsp3) is 0.692. The molecule has 1 fully saturated rings. The number of aromatic nitrogens is 3. The number of rotatable bonds is 4. The van der Waals surface area contributed by atoms with Crippen molar-refractivity contribution in [2.24, 2.45) is 7.05 Å². The summed E-state index contributed by atoms with van der Waals surface area (Å²) in [5, 5.41) is 7.75. The van der Waals surface area contributed by atoms with Gasteiger partial charge in [0.2, 0.25) is 5.91 Å². The summed E-state index contributed by atoms with van der Waals surface area (Å²) in [6, 6.07) is 0. The zero-order chi connectivity index (χ0) is 15.2. The standard InChI is InChI=1S/C13H21N5O3/c1-3-21-13(20)18-8-6-17(7-9-18)12(19)5-4-11-15-14-10-16(11)2/h10H,3-9H2,1-2H3. The Hall–Kier alpha value is -2.12. The van der Waals surface area contributed by atoms with Gasteiger partial charge in [0.15, 0.2) is 0 Å². The molecule has 0 aromatic carbocycles. The van der Waals surface area contributed by atoms with Gasteiger partial charge < -0.3 is 19.1 Å². The van der Waals surface area contributed by atoms with Crippen molar-refractivity contribution in [3.63, 3.8) is 0 Å². The molecule has 0 bridgehead atoms. The summed E-state index contributed by atoms with van der Waals surface area (Å²) in [5.41, 5.74) is 0. The van der Waals surface area contributed by atoms with E-state index in [1.165, 1.54) is 0 Å². The van der Waals surface area contributed by atoms with Crippen molar-refractivity contribution in [3.8, 4) is 0 Å². The summed E-state index contributed by atoms with van der Waals surface area (Å²) in [6.45, 7) is 4.30. The summed E-state index contributed by atoms with van der Waals surface area (Å²) >= 11 is 0. The van der Waals surface area contributed by atoms with Crippen LogP contribution >= 0.6 is 0 Å². The number of piperazine rings is 1. The Balaban J connectivity index is 1.75. The fourth-order valence-corrected chi connectivity index (χ4v) is 2.26. The van der Waals surface area contributed by atoms with E-state index in [0.717, 1.165) is 5.82 Å². The van der Waals surface area contributed by atoms with E-state index in [4.69, 9.17) is 4.74 Å². The van der Waals surface area contributed by atoms with Crippen LogP contribution in [0.5, 0.6) is 0 Å². The van der Waals surface area contributed by atoms with E-state index >= 15 is 0 Å². The van der Waals surface area contributed by atoms with Crippen LogP contribution in [0.2, 0.25) is 0 Å². The molecule has 0 spiro atoms. The van der Waals surface area contributed by atoms with E-state index < -0.39 is 0 Å². The highest BCUT2D eigenvalue weighted by Gasteiger charge is 2.24. The minimum atomic E-state index is -0.302. The van der Waals surface area contributed by atoms with E-state index in [-0.39, 0.29) is 12.0 Å². The third-order valence-electron chi connectivity index (χ3n) is 3.53. The van der Waals surface area contributed by atoms with Gasteiger partial charge in [-0.25, -0.2) is 4.79 Å². The zero-order valence-electron chi connectivity index (χ0n) is 12.5. The maximum Gasteiger partial charge on any atom is 0.409 e. The number of hydrogen-bond acceptors (Lipinski definition) is 5. The molecule has 0 radical (unpaired) electrons. The van der Waals surface area contributed by atoms with Gasteiger partial charge in [-0.15, -0.1) is 10.2 Å². The van der Waals surface area contributed by atoms with Crippen molar-refractivity contribution >= 4 is 12.0 Å². The van der Waals surface area contributed by atoms with Crippen molar-refractivity contribution < 1.29 is 14.3 Å². The smallest absolute Gasteiger partial charge is 0.409 e. The summed E-state index contributed by atoms with van der Waals surface area (Å²) in [4.78, 5) is 27.1. The molecular weight excluding hydrogens is 274 g/mol. The van der Waals surface area contributed by atoms with Gasteiger partial charge in [-0.2, -0.15) is 0 Å². The first-order valence-electron chi connectivity index (χ1n) is 7.14. The van der Waals surface area contributed by atoms with Crippen LogP contribution in [0.25, 0.3) is 0 Å². The quantitative estimate of drug-likeness (QED) is 0.784. The Morgan fingerprint density at radius 1 is 1.24 bits per heavy atom. The molecule has 2 heterocycles. The molecule has 1 aromatic heterocycles. The number of aryl methyl sites for hydroxylation is 2. The lowest BCUT2D eigenvalue weighted by molar-refractivity contribution is -0.132. The van der Waals surface area contributed by atoms with Crippen LogP contribution in [-0.2, 0) is 23.0 Å². The van der Waals surface area contributed by atoms with E-state index in [9.17, 15) is 9.59 Å². The molecule has 0 N–H and O–H groups in total. The number of ether oxygens (including phenoxy) is 1. The maximum absolute atomic E-state index is 12.1. The Kier molecular flexibility index (Phi) is 5.13. The van der Waals surface area contributed by atoms with E-state index in [1.807, 2.05) is 11.6 Å². The SMILES string of the molecule is CCOC(=O)N1CCN(C(=O)CCc2nncn2C)CC1. The largest absolute Gasteiger partial charge is 0.450 e. The lowest BCUT2D eigenvalue weighted by atomic mass is 10.2. The average Bonchev–Trinajstić information content (AvgIpc) is 2.90. The van der Waals surface area contributed by atoms with Gasteiger partial charge in [0.1, 0.15) is 12.2 Å². The zero-order valence-corrected chi connectivity index (χ0v) is 12.5. The van der Waals surface area contributed by atoms with Crippen LogP contribution in [0.15, 0.2) is 6.33 Å². The summed E-state index contributed by atoms with van der Waals surface area (Å²) in [6.07, 6.45) is 2.31. The van der Waals surface area contributed by atoms with Gasteiger partial charge >= 0.3 is 6.09 Å². The monoisotopic (exact) mass is 295 g/mol. The molecule has 2 amide bonds. The molecule has 1 aromatic rings. The van der Waals surface area contributed by atoms with Gasteiger partial charge in [0.05, 0.1) is 6.61 Å². The molecule has 1 aliphatic heterocycles. The summed E-state index contributed by atoms with van der Waals surface area (Å²) in [7, 11) is 1.86. The van der Waals surface area contributed by atoms with Crippen LogP contribution in [0.4, 0.5) is 4.79 Å². The van der Waals surface area contributed by atoms with Crippen LogP contribution in [-0.4, -0.2) is 69.4 Å². The fourth-order valence-electron chi connectivity index (χ4n) is 2.26. The molecule has 116 valence electrons. The molecule has 8 nitrogen and oxygen atoms in total. The molecule has 2 rings (SSSR count). The Bertz CT molecular complexity index is 494. The number of hydrogen-bond donors (Lipinski definition) is 0. The Morgan fingerprint density at radius 3 is 2.48 bits per heavy atom. The van der Waals surface area contributed by atoms with Crippen LogP contribution in [0.3, 0.4) is 0 Å². The van der Waals surface area contributed by atoms with Crippen LogP contribution < -0.4 is 0 Å². The summed E-state index contributed by atoms with van der Waals surface area (Å²) in [5.74, 6) is 0.884. The molecular formula is C13H21N5O3. The lowest BCUT2D eigenvalue weighted by Crippen LogP contribution is -2.50. The third-order valence-corrected chi connectivity index (χ3v) is 3.53. The first-order chi connectivity index (χ1) is 10.1. The number of nitrogens with zero attached hydrogens (tertiary/aromatic N) is 5. The molecule has 0 unspecified atom stereocenters. The maximum atomic E-state index is 12.1. The third kappa shape index (κ3) is 3.93. The van der Waals surface area contributed by atoms with Gasteiger partial charge in [0, 0.05) is 46.1 Å². The van der Waals surface area contributed by atoms with E-state index in [0.29, 0.717) is 45.6 Å². The molecule has 0 aliphatic carbocycles. The van der Waals surface area contributed by atoms with Gasteiger partial charge in [-0.1, -0.05) is 0 Å². The molecule has 1 aliphatic rings. The normalized spacial score (nSPS) is 15.1. The molecule has 8 heteroatoms. The lowest BCUT2D eigenvalue weighted by Gasteiger charge is -2.34. The van der Waals surface area contributed by atoms with Crippen molar-refractivity contribution in [1.29, 1.82) is 0 Å². The van der Waals surface area contributed by atoms with Crippen molar-refractivity contribution in [2.45, 2.75) is 19.8 Å². The second kappa shape index (κ2) is 7.05.